The van der Waals surface area contributed by atoms with Crippen LogP contribution in [-0.4, -0.2) is 43.2 Å². The Bertz CT molecular complexity index is 773. The zero-order valence-electron chi connectivity index (χ0n) is 13.8. The van der Waals surface area contributed by atoms with Gasteiger partial charge in [-0.2, -0.15) is 0 Å². The first kappa shape index (κ1) is 18.9. The summed E-state index contributed by atoms with van der Waals surface area (Å²) in [4.78, 5) is 11.1. The maximum absolute atomic E-state index is 12.8. The van der Waals surface area contributed by atoms with Crippen molar-refractivity contribution in [2.75, 3.05) is 18.8 Å². The smallest absolute Gasteiger partial charge is 0.188 e. The Kier molecular flexibility index (Phi) is 6.93. The van der Waals surface area contributed by atoms with Gasteiger partial charge in [-0.15, -0.1) is 0 Å². The largest absolute Gasteiger partial charge is 0.370 e. The van der Waals surface area contributed by atoms with Crippen molar-refractivity contribution >= 4 is 15.8 Å². The molecule has 2 rings (SSSR count). The number of rotatable bonds is 9. The molecule has 0 bridgehead atoms. The molecule has 0 unspecified atom stereocenters. The molecule has 0 spiro atoms. The van der Waals surface area contributed by atoms with Crippen molar-refractivity contribution in [1.29, 1.82) is 0 Å². The summed E-state index contributed by atoms with van der Waals surface area (Å²) in [6.45, 7) is 0.722. The highest BCUT2D eigenvalue weighted by molar-refractivity contribution is 7.90. The van der Waals surface area contributed by atoms with Crippen LogP contribution in [-0.2, 0) is 22.0 Å². The zero-order valence-corrected chi connectivity index (χ0v) is 14.6. The molecule has 4 N–H and O–H groups in total. The van der Waals surface area contributed by atoms with E-state index in [1.54, 1.807) is 12.5 Å². The minimum atomic E-state index is -3.30. The molecule has 0 amide bonds. The fourth-order valence-electron chi connectivity index (χ4n) is 2.19. The van der Waals surface area contributed by atoms with E-state index in [2.05, 4.69) is 20.3 Å². The highest BCUT2D eigenvalue weighted by atomic mass is 32.2. The number of guanidine groups is 1. The fourth-order valence-corrected chi connectivity index (χ4v) is 3.45. The van der Waals surface area contributed by atoms with Gasteiger partial charge in [0, 0.05) is 25.0 Å². The van der Waals surface area contributed by atoms with E-state index in [0.717, 1.165) is 18.5 Å². The molecule has 0 saturated carbocycles. The average Bonchev–Trinajstić information content (AvgIpc) is 3.07. The molecule has 1 aromatic heterocycles. The molecule has 25 heavy (non-hydrogen) atoms. The molecule has 0 atom stereocenters. The maximum atomic E-state index is 12.8. The highest BCUT2D eigenvalue weighted by Gasteiger charge is 2.12. The molecule has 0 aliphatic carbocycles. The maximum Gasteiger partial charge on any atom is 0.188 e. The van der Waals surface area contributed by atoms with Gasteiger partial charge in [-0.05, 0) is 30.5 Å². The third-order valence-corrected chi connectivity index (χ3v) is 5.06. The summed E-state index contributed by atoms with van der Waals surface area (Å²) in [6.07, 6.45) is 5.02. The summed E-state index contributed by atoms with van der Waals surface area (Å²) in [6, 6.07) is 5.43. The van der Waals surface area contributed by atoms with Crippen molar-refractivity contribution in [3.05, 3.63) is 53.9 Å². The van der Waals surface area contributed by atoms with Crippen LogP contribution in [0.2, 0.25) is 0 Å². The van der Waals surface area contributed by atoms with Gasteiger partial charge in [-0.25, -0.2) is 17.8 Å². The number of H-pyrrole nitrogens is 1. The summed E-state index contributed by atoms with van der Waals surface area (Å²) in [5.41, 5.74) is 7.31. The number of hydrogen-bond acceptors (Lipinski definition) is 4. The van der Waals surface area contributed by atoms with Crippen LogP contribution in [0, 0.1) is 5.82 Å². The van der Waals surface area contributed by atoms with Crippen molar-refractivity contribution in [3.63, 3.8) is 0 Å². The van der Waals surface area contributed by atoms with E-state index >= 15 is 0 Å². The van der Waals surface area contributed by atoms with E-state index in [9.17, 15) is 12.8 Å². The summed E-state index contributed by atoms with van der Waals surface area (Å²) in [5.74, 6) is -0.369. The highest BCUT2D eigenvalue weighted by Crippen LogP contribution is 2.07. The van der Waals surface area contributed by atoms with Crippen molar-refractivity contribution in [1.82, 2.24) is 15.3 Å². The van der Waals surface area contributed by atoms with Crippen LogP contribution in [0.5, 0.6) is 0 Å². The second kappa shape index (κ2) is 9.16. The second-order valence-electron chi connectivity index (χ2n) is 5.59. The van der Waals surface area contributed by atoms with Crippen LogP contribution < -0.4 is 11.1 Å². The Balaban J connectivity index is 1.67. The predicted octanol–water partition coefficient (Wildman–Crippen LogP) is 1.00. The molecule has 1 heterocycles. The topological polar surface area (TPSA) is 113 Å². The summed E-state index contributed by atoms with van der Waals surface area (Å²) < 4.78 is 36.9. The van der Waals surface area contributed by atoms with Crippen LogP contribution in [0.1, 0.15) is 17.7 Å². The van der Waals surface area contributed by atoms with Crippen LogP contribution in [0.15, 0.2) is 41.8 Å². The molecule has 136 valence electrons. The number of benzene rings is 1. The van der Waals surface area contributed by atoms with Crippen molar-refractivity contribution in [2.45, 2.75) is 18.6 Å². The number of aromatic nitrogens is 2. The molecule has 0 aliphatic rings. The average molecular weight is 367 g/mol. The Labute approximate surface area is 146 Å². The summed E-state index contributed by atoms with van der Waals surface area (Å²) in [5, 5.41) is 2.80. The number of aliphatic imine (C=N–C) groups is 1. The van der Waals surface area contributed by atoms with Crippen LogP contribution in [0.25, 0.3) is 0 Å². The van der Waals surface area contributed by atoms with Crippen molar-refractivity contribution < 1.29 is 12.8 Å². The third-order valence-electron chi connectivity index (χ3n) is 3.46. The molecule has 7 nitrogen and oxygen atoms in total. The lowest BCUT2D eigenvalue weighted by atomic mass is 10.2. The van der Waals surface area contributed by atoms with E-state index in [4.69, 9.17) is 5.73 Å². The molecule has 0 aliphatic heterocycles. The Morgan fingerprint density at radius 2 is 2.08 bits per heavy atom. The first-order chi connectivity index (χ1) is 11.9. The molecular weight excluding hydrogens is 345 g/mol. The molecule has 0 radical (unpaired) electrons. The van der Waals surface area contributed by atoms with E-state index < -0.39 is 9.84 Å². The standard InChI is InChI=1S/C16H22FN5O2S/c17-14-5-3-13(4-6-14)11-25(23,24)9-8-21-16(18)20-7-1-2-15-10-19-12-22-15/h3-6,10,12H,1-2,7-9,11H2,(H,19,22)(H3,18,20,21). The number of aromatic amines is 1. The van der Waals surface area contributed by atoms with E-state index in [0.29, 0.717) is 12.1 Å². The lowest BCUT2D eigenvalue weighted by Crippen LogP contribution is -2.35. The number of halogens is 1. The Hall–Kier alpha value is -2.42. The number of nitrogens with two attached hydrogens (primary N) is 1. The predicted molar refractivity (Wildman–Crippen MR) is 95.3 cm³/mol. The van der Waals surface area contributed by atoms with Gasteiger partial charge >= 0.3 is 0 Å². The van der Waals surface area contributed by atoms with Gasteiger partial charge in [-0.3, -0.25) is 4.99 Å². The minimum absolute atomic E-state index is 0.0747. The fraction of sp³-hybridized carbons (Fsp3) is 0.375. The van der Waals surface area contributed by atoms with Gasteiger partial charge in [0.15, 0.2) is 15.8 Å². The first-order valence-electron chi connectivity index (χ1n) is 7.90. The van der Waals surface area contributed by atoms with Crippen LogP contribution in [0.4, 0.5) is 4.39 Å². The molecular formula is C16H22FN5O2S. The number of nitrogens with zero attached hydrogens (tertiary/aromatic N) is 2. The molecule has 0 saturated heterocycles. The quantitative estimate of drug-likeness (QED) is 0.348. The van der Waals surface area contributed by atoms with E-state index in [1.807, 2.05) is 0 Å². The van der Waals surface area contributed by atoms with E-state index in [-0.39, 0.29) is 29.8 Å². The number of imidazole rings is 1. The lowest BCUT2D eigenvalue weighted by molar-refractivity contribution is 0.593. The molecule has 2 aromatic rings. The SMILES string of the molecule is NC(=NCCCc1cnc[nH]1)NCCS(=O)(=O)Cc1ccc(F)cc1. The van der Waals surface area contributed by atoms with Gasteiger partial charge in [0.1, 0.15) is 5.82 Å². The monoisotopic (exact) mass is 367 g/mol. The van der Waals surface area contributed by atoms with E-state index in [1.165, 1.54) is 24.3 Å². The van der Waals surface area contributed by atoms with Gasteiger partial charge < -0.3 is 16.0 Å². The number of aryl methyl sites for hydroxylation is 1. The molecule has 9 heteroatoms. The zero-order chi connectivity index (χ0) is 18.1. The van der Waals surface area contributed by atoms with Gasteiger partial charge in [-0.1, -0.05) is 12.1 Å². The van der Waals surface area contributed by atoms with Gasteiger partial charge in [0.05, 0.1) is 17.8 Å². The van der Waals surface area contributed by atoms with Crippen LogP contribution in [0.3, 0.4) is 0 Å². The summed E-state index contributed by atoms with van der Waals surface area (Å²) >= 11 is 0. The minimum Gasteiger partial charge on any atom is -0.370 e. The molecule has 1 aromatic carbocycles. The molecule has 0 fully saturated rings. The first-order valence-corrected chi connectivity index (χ1v) is 9.73. The number of hydrogen-bond donors (Lipinski definition) is 3. The summed E-state index contributed by atoms with van der Waals surface area (Å²) in [7, 11) is -3.30. The number of nitrogens with one attached hydrogen (secondary N) is 2. The van der Waals surface area contributed by atoms with Gasteiger partial charge in [0.2, 0.25) is 0 Å². The normalized spacial score (nSPS) is 12.3. The Morgan fingerprint density at radius 3 is 2.76 bits per heavy atom. The lowest BCUT2D eigenvalue weighted by Gasteiger charge is -2.07. The third kappa shape index (κ3) is 7.34. The van der Waals surface area contributed by atoms with Crippen molar-refractivity contribution in [3.8, 4) is 0 Å². The van der Waals surface area contributed by atoms with Gasteiger partial charge in [0.25, 0.3) is 0 Å². The number of sulfone groups is 1. The second-order valence-corrected chi connectivity index (χ2v) is 7.78. The van der Waals surface area contributed by atoms with Crippen molar-refractivity contribution in [2.24, 2.45) is 10.7 Å². The van der Waals surface area contributed by atoms with Crippen LogP contribution >= 0.6 is 0 Å². The Morgan fingerprint density at radius 1 is 1.32 bits per heavy atom.